The number of ether oxygens (including phenoxy) is 1. The Balaban J connectivity index is 1.45. The zero-order valence-electron chi connectivity index (χ0n) is 18.1. The predicted molar refractivity (Wildman–Crippen MR) is 118 cm³/mol. The van der Waals surface area contributed by atoms with Crippen LogP contribution < -0.4 is 11.1 Å². The summed E-state index contributed by atoms with van der Waals surface area (Å²) in [5.74, 6) is -0.875. The molecule has 0 unspecified atom stereocenters. The molecule has 0 radical (unpaired) electrons. The Bertz CT molecular complexity index is 1100. The number of aryl methyl sites for hydroxylation is 1. The second kappa shape index (κ2) is 10.1. The van der Waals surface area contributed by atoms with Crippen molar-refractivity contribution in [2.45, 2.75) is 46.2 Å². The molecule has 0 aliphatic carbocycles. The lowest BCUT2D eigenvalue weighted by Gasteiger charge is -2.15. The van der Waals surface area contributed by atoms with E-state index in [2.05, 4.69) is 31.3 Å². The smallest absolute Gasteiger partial charge is 0.419 e. The van der Waals surface area contributed by atoms with Gasteiger partial charge in [0.15, 0.2) is 12.2 Å². The Labute approximate surface area is 181 Å². The number of nitrogens with zero attached hydrogens (tertiary/aromatic N) is 1. The fourth-order valence-corrected chi connectivity index (χ4v) is 3.43. The van der Waals surface area contributed by atoms with Gasteiger partial charge in [-0.25, -0.2) is 4.79 Å². The van der Waals surface area contributed by atoms with Gasteiger partial charge in [-0.05, 0) is 42.5 Å². The third kappa shape index (κ3) is 6.07. The number of aromatic nitrogens is 1. The van der Waals surface area contributed by atoms with Crippen LogP contribution in [0.4, 0.5) is 0 Å². The molecule has 0 fully saturated rings. The van der Waals surface area contributed by atoms with E-state index < -0.39 is 11.7 Å². The van der Waals surface area contributed by atoms with Crippen molar-refractivity contribution in [1.82, 2.24) is 9.88 Å². The zero-order chi connectivity index (χ0) is 22.4. The van der Waals surface area contributed by atoms with Gasteiger partial charge in [-0.1, -0.05) is 50.2 Å². The van der Waals surface area contributed by atoms with E-state index in [1.54, 1.807) is 24.3 Å². The summed E-state index contributed by atoms with van der Waals surface area (Å²) in [7, 11) is 0. The first-order chi connectivity index (χ1) is 14.8. The van der Waals surface area contributed by atoms with Crippen molar-refractivity contribution >= 4 is 23.0 Å². The standard InChI is InChI=1S/C24H28N2O5/c1-16(2)14-18-8-10-19(11-9-18)17(3)25-22(27)15-30-23(28)12-13-26-20-6-4-5-7-21(20)31-24(26)29/h4-11,16-17H,12-15H2,1-3H3,(H,25,27)/t17-/m0/s1. The molecule has 0 saturated carbocycles. The molecule has 1 amide bonds. The van der Waals surface area contributed by atoms with E-state index in [0.717, 1.165) is 12.0 Å². The molecule has 0 spiro atoms. The summed E-state index contributed by atoms with van der Waals surface area (Å²) in [6, 6.07) is 14.9. The van der Waals surface area contributed by atoms with Crippen LogP contribution in [0, 0.1) is 5.92 Å². The van der Waals surface area contributed by atoms with Gasteiger partial charge in [-0.3, -0.25) is 14.2 Å². The van der Waals surface area contributed by atoms with Crippen molar-refractivity contribution in [3.8, 4) is 0 Å². The number of nitrogens with one attached hydrogen (secondary N) is 1. The van der Waals surface area contributed by atoms with Crippen LogP contribution in [-0.4, -0.2) is 23.1 Å². The average molecular weight is 424 g/mol. The molecule has 31 heavy (non-hydrogen) atoms. The van der Waals surface area contributed by atoms with Crippen LogP contribution in [0.15, 0.2) is 57.7 Å². The molecule has 0 bridgehead atoms. The number of benzene rings is 2. The van der Waals surface area contributed by atoms with Crippen molar-refractivity contribution in [2.75, 3.05) is 6.61 Å². The molecule has 3 rings (SSSR count). The summed E-state index contributed by atoms with van der Waals surface area (Å²) in [6.45, 7) is 5.99. The lowest BCUT2D eigenvalue weighted by molar-refractivity contribution is -0.148. The van der Waals surface area contributed by atoms with Crippen molar-refractivity contribution in [1.29, 1.82) is 0 Å². The molecule has 0 aliphatic rings. The van der Waals surface area contributed by atoms with E-state index in [1.165, 1.54) is 10.1 Å². The van der Waals surface area contributed by atoms with Crippen LogP contribution >= 0.6 is 0 Å². The first-order valence-electron chi connectivity index (χ1n) is 10.5. The van der Waals surface area contributed by atoms with E-state index >= 15 is 0 Å². The number of fused-ring (bicyclic) bond motifs is 1. The van der Waals surface area contributed by atoms with E-state index in [1.807, 2.05) is 19.1 Å². The topological polar surface area (TPSA) is 90.5 Å². The minimum Gasteiger partial charge on any atom is -0.456 e. The molecule has 1 N–H and O–H groups in total. The highest BCUT2D eigenvalue weighted by Crippen LogP contribution is 2.16. The number of carbonyl (C=O) groups excluding carboxylic acids is 2. The van der Waals surface area contributed by atoms with Gasteiger partial charge >= 0.3 is 11.7 Å². The Morgan fingerprint density at radius 2 is 1.77 bits per heavy atom. The summed E-state index contributed by atoms with van der Waals surface area (Å²) in [5.41, 5.74) is 3.33. The van der Waals surface area contributed by atoms with E-state index in [0.29, 0.717) is 17.0 Å². The molecule has 164 valence electrons. The summed E-state index contributed by atoms with van der Waals surface area (Å²) in [6.07, 6.45) is 0.974. The van der Waals surface area contributed by atoms with Crippen LogP contribution in [0.2, 0.25) is 0 Å². The molecule has 1 aromatic heterocycles. The number of para-hydroxylation sites is 2. The molecule has 1 atom stereocenters. The molecule has 7 nitrogen and oxygen atoms in total. The molecule has 1 heterocycles. The number of amides is 1. The van der Waals surface area contributed by atoms with Crippen LogP contribution in [-0.2, 0) is 27.3 Å². The van der Waals surface area contributed by atoms with Gasteiger partial charge in [-0.2, -0.15) is 0 Å². The fourth-order valence-electron chi connectivity index (χ4n) is 3.43. The Morgan fingerprint density at radius 1 is 1.06 bits per heavy atom. The number of esters is 1. The maximum atomic E-state index is 12.1. The fraction of sp³-hybridized carbons (Fsp3) is 0.375. The zero-order valence-corrected chi connectivity index (χ0v) is 18.1. The minimum absolute atomic E-state index is 0.0381. The van der Waals surface area contributed by atoms with Gasteiger partial charge in [-0.15, -0.1) is 0 Å². The SMILES string of the molecule is CC(C)Cc1ccc([C@H](C)NC(=O)COC(=O)CCn2c(=O)oc3ccccc32)cc1. The first kappa shape index (κ1) is 22.3. The van der Waals surface area contributed by atoms with Crippen LogP contribution in [0.1, 0.15) is 44.4 Å². The number of hydrogen-bond acceptors (Lipinski definition) is 5. The van der Waals surface area contributed by atoms with Gasteiger partial charge in [0, 0.05) is 6.54 Å². The average Bonchev–Trinajstić information content (AvgIpc) is 3.05. The largest absolute Gasteiger partial charge is 0.456 e. The van der Waals surface area contributed by atoms with Gasteiger partial charge in [0.25, 0.3) is 5.91 Å². The van der Waals surface area contributed by atoms with Gasteiger partial charge < -0.3 is 14.5 Å². The highest BCUT2D eigenvalue weighted by Gasteiger charge is 2.14. The van der Waals surface area contributed by atoms with Crippen LogP contribution in [0.5, 0.6) is 0 Å². The van der Waals surface area contributed by atoms with Crippen molar-refractivity contribution in [3.63, 3.8) is 0 Å². The predicted octanol–water partition coefficient (Wildman–Crippen LogP) is 3.60. The monoisotopic (exact) mass is 424 g/mol. The summed E-state index contributed by atoms with van der Waals surface area (Å²) < 4.78 is 11.6. The quantitative estimate of drug-likeness (QED) is 0.530. The van der Waals surface area contributed by atoms with E-state index in [-0.39, 0.29) is 31.5 Å². The molecule has 0 aliphatic heterocycles. The normalized spacial score (nSPS) is 12.1. The highest BCUT2D eigenvalue weighted by molar-refractivity contribution is 5.81. The number of oxazole rings is 1. The number of hydrogen-bond donors (Lipinski definition) is 1. The summed E-state index contributed by atoms with van der Waals surface area (Å²) in [4.78, 5) is 36.1. The Hall–Kier alpha value is -3.35. The van der Waals surface area contributed by atoms with Crippen molar-refractivity contribution < 1.29 is 18.7 Å². The molecule has 2 aromatic carbocycles. The van der Waals surface area contributed by atoms with Crippen LogP contribution in [0.3, 0.4) is 0 Å². The van der Waals surface area contributed by atoms with Gasteiger partial charge in [0.1, 0.15) is 0 Å². The number of carbonyl (C=O) groups is 2. The summed E-state index contributed by atoms with van der Waals surface area (Å²) >= 11 is 0. The second-order valence-electron chi connectivity index (χ2n) is 8.03. The van der Waals surface area contributed by atoms with E-state index in [9.17, 15) is 14.4 Å². The maximum Gasteiger partial charge on any atom is 0.419 e. The highest BCUT2D eigenvalue weighted by atomic mass is 16.5. The Kier molecular flexibility index (Phi) is 7.28. The van der Waals surface area contributed by atoms with E-state index in [4.69, 9.17) is 9.15 Å². The summed E-state index contributed by atoms with van der Waals surface area (Å²) in [5, 5.41) is 2.83. The lowest BCUT2D eigenvalue weighted by atomic mass is 10.00. The molecule has 7 heteroatoms. The Morgan fingerprint density at radius 3 is 2.48 bits per heavy atom. The molecule has 3 aromatic rings. The van der Waals surface area contributed by atoms with Gasteiger partial charge in [0.05, 0.1) is 18.0 Å². The second-order valence-corrected chi connectivity index (χ2v) is 8.03. The molecular formula is C24H28N2O5. The minimum atomic E-state index is -0.557. The maximum absolute atomic E-state index is 12.1. The van der Waals surface area contributed by atoms with Gasteiger partial charge in [0.2, 0.25) is 0 Å². The number of rotatable bonds is 9. The van der Waals surface area contributed by atoms with Crippen molar-refractivity contribution in [2.24, 2.45) is 5.92 Å². The lowest BCUT2D eigenvalue weighted by Crippen LogP contribution is -2.31. The van der Waals surface area contributed by atoms with Crippen molar-refractivity contribution in [3.05, 3.63) is 70.2 Å². The third-order valence-corrected chi connectivity index (χ3v) is 4.98. The van der Waals surface area contributed by atoms with Crippen LogP contribution in [0.25, 0.3) is 11.1 Å². The first-order valence-corrected chi connectivity index (χ1v) is 10.5. The third-order valence-electron chi connectivity index (χ3n) is 4.98. The molecule has 0 saturated heterocycles. The molecular weight excluding hydrogens is 396 g/mol.